The fourth-order valence-electron chi connectivity index (χ4n) is 3.83. The number of hydrogen-bond acceptors (Lipinski definition) is 4. The molecule has 1 aliphatic heterocycles. The molecule has 0 spiro atoms. The molecule has 0 bridgehead atoms. The molecule has 0 radical (unpaired) electrons. The maximum atomic E-state index is 11.5. The zero-order chi connectivity index (χ0) is 18.8. The van der Waals surface area contributed by atoms with Crippen molar-refractivity contribution in [1.82, 2.24) is 19.7 Å². The second kappa shape index (κ2) is 7.32. The number of benzene rings is 1. The number of pyridine rings is 1. The molecule has 1 N–H and O–H groups in total. The molecule has 6 nitrogen and oxygen atoms in total. The lowest BCUT2D eigenvalue weighted by Crippen LogP contribution is -2.22. The molecule has 1 atom stereocenters. The highest BCUT2D eigenvalue weighted by Gasteiger charge is 2.26. The van der Waals surface area contributed by atoms with Crippen LogP contribution in [0.25, 0.3) is 5.69 Å². The van der Waals surface area contributed by atoms with E-state index in [-0.39, 0.29) is 5.56 Å². The minimum absolute atomic E-state index is 0.249. The lowest BCUT2D eigenvalue weighted by molar-refractivity contribution is 0.0696. The smallest absolute Gasteiger partial charge is 0.337 e. The molecular weight excluding hydrogens is 340 g/mol. The molecule has 3 heterocycles. The summed E-state index contributed by atoms with van der Waals surface area (Å²) in [5, 5.41) is 13.8. The average Bonchev–Trinajstić information content (AvgIpc) is 3.32. The van der Waals surface area contributed by atoms with Crippen molar-refractivity contribution in [3.05, 3.63) is 77.4 Å². The van der Waals surface area contributed by atoms with Crippen molar-refractivity contribution in [2.24, 2.45) is 0 Å². The van der Waals surface area contributed by atoms with Crippen molar-refractivity contribution < 1.29 is 9.90 Å². The van der Waals surface area contributed by atoms with E-state index in [0.717, 1.165) is 30.8 Å². The first-order valence-electron chi connectivity index (χ1n) is 9.14. The summed E-state index contributed by atoms with van der Waals surface area (Å²) in [4.78, 5) is 18.2. The highest BCUT2D eigenvalue weighted by molar-refractivity contribution is 5.91. The molecular formula is C21H22N4O2. The maximum absolute atomic E-state index is 11.5. The van der Waals surface area contributed by atoms with Crippen LogP contribution in [-0.4, -0.2) is 37.3 Å². The summed E-state index contributed by atoms with van der Waals surface area (Å²) in [6, 6.07) is 11.6. The first-order valence-corrected chi connectivity index (χ1v) is 9.14. The van der Waals surface area contributed by atoms with E-state index < -0.39 is 5.97 Å². The Morgan fingerprint density at radius 2 is 2.15 bits per heavy atom. The molecule has 1 aliphatic rings. The standard InChI is InChI=1S/C21H22N4O2/c1-15-11-17(8-9-22-15)19-7-4-10-24(19)13-16-12-23-25(14-16)20-6-3-2-5-18(20)21(26)27/h2-3,5-6,8-9,11-12,14,19H,4,7,10,13H2,1H3,(H,26,27)/t19-/m1/s1. The van der Waals surface area contributed by atoms with Gasteiger partial charge < -0.3 is 5.11 Å². The first kappa shape index (κ1) is 17.4. The van der Waals surface area contributed by atoms with Crippen molar-refractivity contribution in [1.29, 1.82) is 0 Å². The summed E-state index contributed by atoms with van der Waals surface area (Å²) in [7, 11) is 0. The van der Waals surface area contributed by atoms with Gasteiger partial charge in [0.05, 0.1) is 17.4 Å². The van der Waals surface area contributed by atoms with Crippen LogP contribution in [0.15, 0.2) is 55.0 Å². The highest BCUT2D eigenvalue weighted by atomic mass is 16.4. The third-order valence-corrected chi connectivity index (χ3v) is 5.07. The van der Waals surface area contributed by atoms with Gasteiger partial charge in [-0.1, -0.05) is 12.1 Å². The van der Waals surface area contributed by atoms with E-state index in [1.54, 1.807) is 22.9 Å². The topological polar surface area (TPSA) is 71.2 Å². The van der Waals surface area contributed by atoms with Gasteiger partial charge in [-0.25, -0.2) is 9.48 Å². The number of aromatic carboxylic acids is 1. The summed E-state index contributed by atoms with van der Waals surface area (Å²) < 4.78 is 1.65. The molecule has 138 valence electrons. The van der Waals surface area contributed by atoms with Crippen LogP contribution in [0, 0.1) is 6.92 Å². The van der Waals surface area contributed by atoms with E-state index >= 15 is 0 Å². The summed E-state index contributed by atoms with van der Waals surface area (Å²) in [5.74, 6) is -0.949. The van der Waals surface area contributed by atoms with Gasteiger partial charge in [0.15, 0.2) is 0 Å². The minimum atomic E-state index is -0.949. The molecule has 3 aromatic rings. The zero-order valence-electron chi connectivity index (χ0n) is 15.2. The quantitative estimate of drug-likeness (QED) is 0.751. The van der Waals surface area contributed by atoms with Gasteiger partial charge in [0.2, 0.25) is 0 Å². The Balaban J connectivity index is 1.55. The first-order chi connectivity index (χ1) is 13.1. The Bertz CT molecular complexity index is 966. The van der Waals surface area contributed by atoms with Gasteiger partial charge in [-0.3, -0.25) is 9.88 Å². The summed E-state index contributed by atoms with van der Waals surface area (Å²) in [6.07, 6.45) is 7.93. The Labute approximate surface area is 158 Å². The Morgan fingerprint density at radius 3 is 2.96 bits per heavy atom. The van der Waals surface area contributed by atoms with Crippen LogP contribution in [0.2, 0.25) is 0 Å². The van der Waals surface area contributed by atoms with Crippen molar-refractivity contribution in [3.63, 3.8) is 0 Å². The molecule has 6 heteroatoms. The van der Waals surface area contributed by atoms with Gasteiger partial charge in [0.25, 0.3) is 0 Å². The number of hydrogen-bond donors (Lipinski definition) is 1. The summed E-state index contributed by atoms with van der Waals surface area (Å²) >= 11 is 0. The van der Waals surface area contributed by atoms with Crippen LogP contribution in [-0.2, 0) is 6.54 Å². The monoisotopic (exact) mass is 362 g/mol. The number of nitrogens with zero attached hydrogens (tertiary/aromatic N) is 4. The molecule has 0 saturated carbocycles. The largest absolute Gasteiger partial charge is 0.478 e. The summed E-state index contributed by atoms with van der Waals surface area (Å²) in [5.41, 5.74) is 4.26. The van der Waals surface area contributed by atoms with E-state index in [9.17, 15) is 9.90 Å². The molecule has 1 aromatic carbocycles. The van der Waals surface area contributed by atoms with Crippen LogP contribution < -0.4 is 0 Å². The van der Waals surface area contributed by atoms with E-state index in [0.29, 0.717) is 11.7 Å². The number of rotatable bonds is 5. The van der Waals surface area contributed by atoms with Gasteiger partial charge in [-0.15, -0.1) is 0 Å². The van der Waals surface area contributed by atoms with Crippen LogP contribution >= 0.6 is 0 Å². The van der Waals surface area contributed by atoms with Crippen molar-refractivity contribution >= 4 is 5.97 Å². The highest BCUT2D eigenvalue weighted by Crippen LogP contribution is 2.33. The molecule has 27 heavy (non-hydrogen) atoms. The molecule has 0 aliphatic carbocycles. The predicted molar refractivity (Wildman–Crippen MR) is 102 cm³/mol. The summed E-state index contributed by atoms with van der Waals surface area (Å²) in [6.45, 7) is 3.86. The fraction of sp³-hybridized carbons (Fsp3) is 0.286. The molecule has 2 aromatic heterocycles. The zero-order valence-corrected chi connectivity index (χ0v) is 15.2. The number of carboxylic acids is 1. The van der Waals surface area contributed by atoms with Crippen LogP contribution in [0.5, 0.6) is 0 Å². The van der Waals surface area contributed by atoms with E-state index in [1.807, 2.05) is 31.6 Å². The predicted octanol–water partition coefficient (Wildman–Crippen LogP) is 3.61. The SMILES string of the molecule is Cc1cc([C@H]2CCCN2Cc2cnn(-c3ccccc3C(=O)O)c2)ccn1. The number of likely N-dealkylation sites (tertiary alicyclic amines) is 1. The van der Waals surface area contributed by atoms with Gasteiger partial charge in [-0.2, -0.15) is 5.10 Å². The van der Waals surface area contributed by atoms with Crippen molar-refractivity contribution in [3.8, 4) is 5.69 Å². The van der Waals surface area contributed by atoms with Crippen LogP contribution in [0.4, 0.5) is 0 Å². The second-order valence-electron chi connectivity index (χ2n) is 6.97. The molecule has 1 fully saturated rings. The van der Waals surface area contributed by atoms with E-state index in [4.69, 9.17) is 0 Å². The Hall–Kier alpha value is -2.99. The third-order valence-electron chi connectivity index (χ3n) is 5.07. The van der Waals surface area contributed by atoms with Gasteiger partial charge >= 0.3 is 5.97 Å². The average molecular weight is 362 g/mol. The number of aryl methyl sites for hydroxylation is 1. The van der Waals surface area contributed by atoms with Crippen LogP contribution in [0.1, 0.15) is 46.1 Å². The van der Waals surface area contributed by atoms with Crippen LogP contribution in [0.3, 0.4) is 0 Å². The number of aromatic nitrogens is 3. The number of carbonyl (C=O) groups is 1. The second-order valence-corrected chi connectivity index (χ2v) is 6.97. The molecule has 0 unspecified atom stereocenters. The molecule has 0 amide bonds. The lowest BCUT2D eigenvalue weighted by atomic mass is 10.0. The Kier molecular flexibility index (Phi) is 4.73. The van der Waals surface area contributed by atoms with Gasteiger partial charge in [-0.05, 0) is 56.1 Å². The fourth-order valence-corrected chi connectivity index (χ4v) is 3.83. The molecule has 4 rings (SSSR count). The molecule has 1 saturated heterocycles. The van der Waals surface area contributed by atoms with Crippen molar-refractivity contribution in [2.45, 2.75) is 32.4 Å². The van der Waals surface area contributed by atoms with E-state index in [2.05, 4.69) is 27.1 Å². The van der Waals surface area contributed by atoms with Gasteiger partial charge in [0, 0.05) is 36.2 Å². The third kappa shape index (κ3) is 3.61. The maximum Gasteiger partial charge on any atom is 0.337 e. The minimum Gasteiger partial charge on any atom is -0.478 e. The van der Waals surface area contributed by atoms with Gasteiger partial charge in [0.1, 0.15) is 0 Å². The normalized spacial score (nSPS) is 17.3. The number of carboxylic acid groups (broad SMARTS) is 1. The van der Waals surface area contributed by atoms with E-state index in [1.165, 1.54) is 12.0 Å². The Morgan fingerprint density at radius 1 is 1.30 bits per heavy atom. The van der Waals surface area contributed by atoms with Crippen molar-refractivity contribution in [2.75, 3.05) is 6.54 Å². The number of para-hydroxylation sites is 1. The lowest BCUT2D eigenvalue weighted by Gasteiger charge is -2.24.